The minimum absolute atomic E-state index is 0.370. The van der Waals surface area contributed by atoms with Crippen molar-refractivity contribution < 1.29 is 4.74 Å². The van der Waals surface area contributed by atoms with Gasteiger partial charge < -0.3 is 4.74 Å². The van der Waals surface area contributed by atoms with Crippen molar-refractivity contribution in [1.29, 1.82) is 0 Å². The van der Waals surface area contributed by atoms with E-state index in [4.69, 9.17) is 9.72 Å². The highest BCUT2D eigenvalue weighted by molar-refractivity contribution is 5.85. The highest BCUT2D eigenvalue weighted by Crippen LogP contribution is 2.55. The Morgan fingerprint density at radius 1 is 0.612 bits per heavy atom. The van der Waals surface area contributed by atoms with Crippen LogP contribution >= 0.6 is 0 Å². The Balaban J connectivity index is 1.17. The van der Waals surface area contributed by atoms with E-state index in [9.17, 15) is 0 Å². The quantitative estimate of drug-likeness (QED) is 0.166. The van der Waals surface area contributed by atoms with E-state index in [-0.39, 0.29) is 0 Å². The van der Waals surface area contributed by atoms with E-state index in [1.165, 1.54) is 38.9 Å². The lowest BCUT2D eigenvalue weighted by Gasteiger charge is -2.32. The molecular weight excluding hydrogens is 601 g/mol. The van der Waals surface area contributed by atoms with Crippen LogP contribution in [-0.4, -0.2) is 20.0 Å². The first kappa shape index (κ1) is 30.5. The third-order valence-electron chi connectivity index (χ3n) is 9.71. The second-order valence-electron chi connectivity index (χ2n) is 13.4. The molecule has 0 N–H and O–H groups in total. The van der Waals surface area contributed by atoms with Crippen LogP contribution in [0.1, 0.15) is 73.0 Å². The van der Waals surface area contributed by atoms with Gasteiger partial charge in [0, 0.05) is 17.8 Å². The van der Waals surface area contributed by atoms with Crippen LogP contribution in [0.5, 0.6) is 11.5 Å². The van der Waals surface area contributed by atoms with Gasteiger partial charge in [0.1, 0.15) is 17.2 Å². The number of fused-ring (bicyclic) bond motifs is 3. The highest BCUT2D eigenvalue weighted by Gasteiger charge is 2.47. The molecule has 0 aliphatic heterocycles. The first-order valence-corrected chi connectivity index (χ1v) is 17.0. The van der Waals surface area contributed by atoms with Crippen molar-refractivity contribution in [2.24, 2.45) is 0 Å². The van der Waals surface area contributed by atoms with Crippen molar-refractivity contribution >= 4 is 0 Å². The molecule has 5 heteroatoms. The maximum Gasteiger partial charge on any atom is 0.129 e. The van der Waals surface area contributed by atoms with Crippen molar-refractivity contribution in [3.8, 4) is 39.6 Å². The Bertz CT molecular complexity index is 2210. The largest absolute Gasteiger partial charge is 0.457 e. The van der Waals surface area contributed by atoms with E-state index >= 15 is 0 Å². The van der Waals surface area contributed by atoms with E-state index in [0.29, 0.717) is 11.8 Å². The first-order chi connectivity index (χ1) is 23.9. The van der Waals surface area contributed by atoms with Crippen LogP contribution in [-0.2, 0) is 5.41 Å². The molecule has 5 aromatic carbocycles. The zero-order chi connectivity index (χ0) is 33.5. The van der Waals surface area contributed by atoms with Gasteiger partial charge >= 0.3 is 0 Å². The molecule has 0 bridgehead atoms. The topological polar surface area (TPSA) is 52.8 Å². The van der Waals surface area contributed by atoms with Gasteiger partial charge in [0.05, 0.1) is 23.0 Å². The summed E-state index contributed by atoms with van der Waals surface area (Å²) in [5, 5.41) is 9.23. The van der Waals surface area contributed by atoms with Gasteiger partial charge in [-0.25, -0.2) is 4.68 Å². The van der Waals surface area contributed by atoms with Gasteiger partial charge in [-0.15, -0.1) is 5.10 Å². The fourth-order valence-electron chi connectivity index (χ4n) is 7.52. The maximum absolute atomic E-state index is 6.61. The zero-order valence-corrected chi connectivity index (χ0v) is 28.2. The van der Waals surface area contributed by atoms with E-state index in [1.54, 1.807) is 0 Å². The minimum atomic E-state index is -0.589. The van der Waals surface area contributed by atoms with Gasteiger partial charge in [-0.05, 0) is 87.2 Å². The molecule has 1 aliphatic rings. The van der Waals surface area contributed by atoms with Crippen LogP contribution in [0.3, 0.4) is 0 Å². The van der Waals surface area contributed by atoms with Crippen LogP contribution in [0.2, 0.25) is 0 Å². The first-order valence-electron chi connectivity index (χ1n) is 17.0. The van der Waals surface area contributed by atoms with Crippen molar-refractivity contribution in [2.75, 3.05) is 0 Å². The summed E-state index contributed by atoms with van der Waals surface area (Å²) in [6.07, 6.45) is 3.91. The monoisotopic (exact) mass is 638 g/mol. The van der Waals surface area contributed by atoms with Crippen LogP contribution in [0.4, 0.5) is 0 Å². The maximum atomic E-state index is 6.61. The van der Waals surface area contributed by atoms with E-state index < -0.39 is 5.41 Å². The molecule has 0 saturated carbocycles. The summed E-state index contributed by atoms with van der Waals surface area (Å²) in [6, 6.07) is 46.5. The van der Waals surface area contributed by atoms with Crippen LogP contribution in [0.15, 0.2) is 146 Å². The van der Waals surface area contributed by atoms with Gasteiger partial charge in [0.2, 0.25) is 0 Å². The van der Waals surface area contributed by atoms with Crippen LogP contribution in [0, 0.1) is 0 Å². The summed E-state index contributed by atoms with van der Waals surface area (Å²) in [7, 11) is 0. The molecule has 0 saturated heterocycles. The predicted octanol–water partition coefficient (Wildman–Crippen LogP) is 10.7. The molecular formula is C44H38N4O. The Labute approximate surface area is 287 Å². The zero-order valence-electron chi connectivity index (χ0n) is 28.2. The molecule has 240 valence electrons. The third-order valence-corrected chi connectivity index (χ3v) is 9.71. The molecule has 7 aromatic rings. The molecule has 8 rings (SSSR count). The third kappa shape index (κ3) is 5.14. The van der Waals surface area contributed by atoms with Crippen LogP contribution in [0.25, 0.3) is 28.1 Å². The van der Waals surface area contributed by atoms with Crippen LogP contribution < -0.4 is 4.74 Å². The van der Waals surface area contributed by atoms with Gasteiger partial charge in [0.15, 0.2) is 0 Å². The number of aromatic nitrogens is 4. The van der Waals surface area contributed by atoms with Gasteiger partial charge in [0.25, 0.3) is 0 Å². The highest BCUT2D eigenvalue weighted by atomic mass is 16.5. The lowest BCUT2D eigenvalue weighted by atomic mass is 9.70. The summed E-state index contributed by atoms with van der Waals surface area (Å²) >= 11 is 0. The second kappa shape index (κ2) is 12.3. The molecule has 49 heavy (non-hydrogen) atoms. The van der Waals surface area contributed by atoms with Crippen molar-refractivity contribution in [3.63, 3.8) is 0 Å². The summed E-state index contributed by atoms with van der Waals surface area (Å²) in [5.74, 6) is 2.21. The lowest BCUT2D eigenvalue weighted by Crippen LogP contribution is -2.29. The van der Waals surface area contributed by atoms with Gasteiger partial charge in [-0.3, -0.25) is 4.98 Å². The van der Waals surface area contributed by atoms with Crippen molar-refractivity contribution in [1.82, 2.24) is 20.0 Å². The van der Waals surface area contributed by atoms with Crippen molar-refractivity contribution in [2.45, 2.75) is 44.9 Å². The molecule has 0 unspecified atom stereocenters. The van der Waals surface area contributed by atoms with Gasteiger partial charge in [-0.2, -0.15) is 0 Å². The Hall–Kier alpha value is -5.81. The van der Waals surface area contributed by atoms with Crippen molar-refractivity contribution in [3.05, 3.63) is 179 Å². The molecule has 0 fully saturated rings. The number of ether oxygens (including phenoxy) is 1. The molecule has 1 aliphatic carbocycles. The lowest BCUT2D eigenvalue weighted by molar-refractivity contribution is 0.480. The molecule has 2 aromatic heterocycles. The summed E-state index contributed by atoms with van der Waals surface area (Å²) in [4.78, 5) is 4.96. The standard InChI is InChI=1S/C44H38N4O/c1-29(2)35-20-13-21-36(30(3)4)43(35)41-28-48(47-46-41)32-15-12-17-34(27-32)49-33-16-11-14-31(26-33)44(42-24-9-10-25-45-42)39-22-7-5-18-37(39)38-19-6-8-23-40(38)44/h5-30H,1-4H3. The van der Waals surface area contributed by atoms with E-state index in [0.717, 1.165) is 34.1 Å². The number of rotatable bonds is 8. The summed E-state index contributed by atoms with van der Waals surface area (Å²) in [6.45, 7) is 8.91. The smallest absolute Gasteiger partial charge is 0.129 e. The predicted molar refractivity (Wildman–Crippen MR) is 197 cm³/mol. The average Bonchev–Trinajstić information content (AvgIpc) is 3.74. The Morgan fingerprint density at radius 2 is 1.22 bits per heavy atom. The molecule has 2 heterocycles. The second-order valence-corrected chi connectivity index (χ2v) is 13.4. The number of nitrogens with zero attached hydrogens (tertiary/aromatic N) is 4. The minimum Gasteiger partial charge on any atom is -0.457 e. The van der Waals surface area contributed by atoms with Gasteiger partial charge in [-0.1, -0.05) is 124 Å². The number of benzene rings is 5. The molecule has 0 amide bonds. The van der Waals surface area contributed by atoms with E-state index in [2.05, 4.69) is 135 Å². The number of hydrogen-bond acceptors (Lipinski definition) is 4. The Morgan fingerprint density at radius 3 is 1.88 bits per heavy atom. The summed E-state index contributed by atoms with van der Waals surface area (Å²) < 4.78 is 8.44. The number of hydrogen-bond donors (Lipinski definition) is 0. The Kier molecular flexibility index (Phi) is 7.68. The fraction of sp³-hybridized carbons (Fsp3) is 0.159. The van der Waals surface area contributed by atoms with E-state index in [1.807, 2.05) is 53.5 Å². The molecule has 5 nitrogen and oxygen atoms in total. The summed E-state index contributed by atoms with van der Waals surface area (Å²) in [5.41, 5.74) is 11.9. The average molecular weight is 639 g/mol. The number of pyridine rings is 1. The molecule has 0 spiro atoms. The molecule has 0 radical (unpaired) electrons. The normalized spacial score (nSPS) is 13.0. The fourth-order valence-corrected chi connectivity index (χ4v) is 7.52. The molecule has 0 atom stereocenters. The SMILES string of the molecule is CC(C)c1cccc(C(C)C)c1-c1cn(-c2cccc(Oc3cccc(C4(c5ccccn5)c5ccccc5-c5ccccc54)c3)c2)nn1.